The maximum atomic E-state index is 11.8. The van der Waals surface area contributed by atoms with Crippen molar-refractivity contribution in [2.75, 3.05) is 6.61 Å². The standard InChI is InChI=1S/C17H17NO3/c1-11(19)14-9-6-12-4-2-3-5-15(12)17(14)21-10-16(20)18-13-7-8-13/h2-6,9,13H,7-8,10H2,1H3,(H,18,20). The zero-order valence-electron chi connectivity index (χ0n) is 11.9. The van der Waals surface area contributed by atoms with Crippen molar-refractivity contribution in [2.24, 2.45) is 0 Å². The third-order valence-corrected chi connectivity index (χ3v) is 3.55. The molecule has 1 fully saturated rings. The molecule has 1 aliphatic rings. The fourth-order valence-corrected chi connectivity index (χ4v) is 2.31. The minimum atomic E-state index is -0.139. The van der Waals surface area contributed by atoms with Gasteiger partial charge in [0.15, 0.2) is 12.4 Å². The number of carbonyl (C=O) groups excluding carboxylic acids is 2. The first-order valence-corrected chi connectivity index (χ1v) is 7.10. The summed E-state index contributed by atoms with van der Waals surface area (Å²) in [4.78, 5) is 23.5. The van der Waals surface area contributed by atoms with Gasteiger partial charge < -0.3 is 10.1 Å². The maximum Gasteiger partial charge on any atom is 0.258 e. The Hall–Kier alpha value is -2.36. The van der Waals surface area contributed by atoms with Crippen LogP contribution in [0.4, 0.5) is 0 Å². The summed E-state index contributed by atoms with van der Waals surface area (Å²) in [6.07, 6.45) is 2.08. The number of hydrogen-bond donors (Lipinski definition) is 1. The predicted molar refractivity (Wildman–Crippen MR) is 80.6 cm³/mol. The average Bonchev–Trinajstić information content (AvgIpc) is 3.28. The Morgan fingerprint density at radius 1 is 1.19 bits per heavy atom. The number of rotatable bonds is 5. The van der Waals surface area contributed by atoms with E-state index in [1.165, 1.54) is 6.92 Å². The van der Waals surface area contributed by atoms with Gasteiger partial charge in [-0.15, -0.1) is 0 Å². The van der Waals surface area contributed by atoms with Gasteiger partial charge in [0, 0.05) is 11.4 Å². The molecule has 1 amide bonds. The Kier molecular flexibility index (Phi) is 3.60. The van der Waals surface area contributed by atoms with Crippen LogP contribution >= 0.6 is 0 Å². The van der Waals surface area contributed by atoms with Gasteiger partial charge in [-0.05, 0) is 31.2 Å². The van der Waals surface area contributed by atoms with Crippen LogP contribution in [0.15, 0.2) is 36.4 Å². The second kappa shape index (κ2) is 5.56. The highest BCUT2D eigenvalue weighted by Crippen LogP contribution is 2.30. The molecule has 21 heavy (non-hydrogen) atoms. The second-order valence-electron chi connectivity index (χ2n) is 5.35. The van der Waals surface area contributed by atoms with E-state index in [1.54, 1.807) is 6.07 Å². The van der Waals surface area contributed by atoms with Crippen molar-refractivity contribution < 1.29 is 14.3 Å². The Morgan fingerprint density at radius 2 is 1.95 bits per heavy atom. The largest absolute Gasteiger partial charge is 0.482 e. The number of ether oxygens (including phenoxy) is 1. The molecule has 0 spiro atoms. The van der Waals surface area contributed by atoms with Gasteiger partial charge in [-0.3, -0.25) is 9.59 Å². The summed E-state index contributed by atoms with van der Waals surface area (Å²) in [7, 11) is 0. The van der Waals surface area contributed by atoms with Gasteiger partial charge in [-0.1, -0.05) is 30.3 Å². The molecule has 1 N–H and O–H groups in total. The van der Waals surface area contributed by atoms with Crippen LogP contribution < -0.4 is 10.1 Å². The summed E-state index contributed by atoms with van der Waals surface area (Å²) in [5.74, 6) is 0.282. The Bertz CT molecular complexity index is 704. The van der Waals surface area contributed by atoms with Crippen molar-refractivity contribution in [3.63, 3.8) is 0 Å². The molecule has 1 aliphatic carbocycles. The van der Waals surface area contributed by atoms with Crippen LogP contribution in [0.2, 0.25) is 0 Å². The Labute approximate surface area is 123 Å². The third kappa shape index (κ3) is 3.05. The number of benzene rings is 2. The lowest BCUT2D eigenvalue weighted by molar-refractivity contribution is -0.123. The van der Waals surface area contributed by atoms with Gasteiger partial charge >= 0.3 is 0 Å². The van der Waals surface area contributed by atoms with Gasteiger partial charge in [-0.25, -0.2) is 0 Å². The molecule has 0 radical (unpaired) electrons. The fraction of sp³-hybridized carbons (Fsp3) is 0.294. The van der Waals surface area contributed by atoms with Crippen LogP contribution in [-0.2, 0) is 4.79 Å². The normalized spacial score (nSPS) is 14.0. The summed E-state index contributed by atoms with van der Waals surface area (Å²) in [5, 5.41) is 4.71. The zero-order valence-corrected chi connectivity index (χ0v) is 11.9. The van der Waals surface area contributed by atoms with E-state index < -0.39 is 0 Å². The first kappa shape index (κ1) is 13.6. The lowest BCUT2D eigenvalue weighted by Gasteiger charge is -2.13. The minimum Gasteiger partial charge on any atom is -0.482 e. The smallest absolute Gasteiger partial charge is 0.258 e. The molecule has 0 heterocycles. The third-order valence-electron chi connectivity index (χ3n) is 3.55. The second-order valence-corrected chi connectivity index (χ2v) is 5.35. The van der Waals surface area contributed by atoms with Gasteiger partial charge in [0.1, 0.15) is 5.75 Å². The summed E-state index contributed by atoms with van der Waals surface area (Å²) in [6.45, 7) is 1.44. The minimum absolute atomic E-state index is 0.0647. The van der Waals surface area contributed by atoms with E-state index in [-0.39, 0.29) is 18.3 Å². The number of fused-ring (bicyclic) bond motifs is 1. The van der Waals surface area contributed by atoms with E-state index in [4.69, 9.17) is 4.74 Å². The van der Waals surface area contributed by atoms with E-state index in [0.29, 0.717) is 17.4 Å². The summed E-state index contributed by atoms with van der Waals surface area (Å²) < 4.78 is 5.67. The van der Waals surface area contributed by atoms with Crippen molar-refractivity contribution in [1.29, 1.82) is 0 Å². The average molecular weight is 283 g/mol. The molecule has 1 saturated carbocycles. The van der Waals surface area contributed by atoms with E-state index in [1.807, 2.05) is 30.3 Å². The van der Waals surface area contributed by atoms with Crippen molar-refractivity contribution in [1.82, 2.24) is 5.32 Å². The van der Waals surface area contributed by atoms with Crippen LogP contribution in [0.3, 0.4) is 0 Å². The van der Waals surface area contributed by atoms with Gasteiger partial charge in [0.2, 0.25) is 0 Å². The molecule has 3 rings (SSSR count). The van der Waals surface area contributed by atoms with Gasteiger partial charge in [-0.2, -0.15) is 0 Å². The molecular formula is C17H17NO3. The Balaban J connectivity index is 1.88. The first-order valence-electron chi connectivity index (χ1n) is 7.10. The lowest BCUT2D eigenvalue weighted by atomic mass is 10.0. The molecule has 2 aromatic rings. The van der Waals surface area contributed by atoms with Crippen molar-refractivity contribution in [3.8, 4) is 5.75 Å². The molecule has 2 aromatic carbocycles. The van der Waals surface area contributed by atoms with Crippen LogP contribution in [0.25, 0.3) is 10.8 Å². The molecular weight excluding hydrogens is 266 g/mol. The number of carbonyl (C=O) groups is 2. The quantitative estimate of drug-likeness (QED) is 0.858. The maximum absolute atomic E-state index is 11.8. The van der Waals surface area contributed by atoms with Crippen LogP contribution in [0.5, 0.6) is 5.75 Å². The molecule has 0 aromatic heterocycles. The first-order chi connectivity index (χ1) is 10.1. The van der Waals surface area contributed by atoms with Crippen LogP contribution in [0.1, 0.15) is 30.1 Å². The van der Waals surface area contributed by atoms with E-state index >= 15 is 0 Å². The number of nitrogens with one attached hydrogen (secondary N) is 1. The molecule has 4 heteroatoms. The van der Waals surface area contributed by atoms with Crippen LogP contribution in [-0.4, -0.2) is 24.3 Å². The number of hydrogen-bond acceptors (Lipinski definition) is 3. The van der Waals surface area contributed by atoms with Crippen molar-refractivity contribution in [3.05, 3.63) is 42.0 Å². The molecule has 0 bridgehead atoms. The lowest BCUT2D eigenvalue weighted by Crippen LogP contribution is -2.30. The highest BCUT2D eigenvalue weighted by atomic mass is 16.5. The summed E-state index contributed by atoms with van der Waals surface area (Å²) >= 11 is 0. The predicted octanol–water partition coefficient (Wildman–Crippen LogP) is 2.70. The highest BCUT2D eigenvalue weighted by Gasteiger charge is 2.23. The number of Topliss-reactive ketones (excluding diaryl/α,β-unsaturated/α-hetero) is 1. The van der Waals surface area contributed by atoms with Crippen LogP contribution in [0, 0.1) is 0 Å². The number of amides is 1. The number of ketones is 1. The molecule has 0 atom stereocenters. The van der Waals surface area contributed by atoms with Gasteiger partial charge in [0.25, 0.3) is 5.91 Å². The van der Waals surface area contributed by atoms with E-state index in [9.17, 15) is 9.59 Å². The van der Waals surface area contributed by atoms with Gasteiger partial charge in [0.05, 0.1) is 5.56 Å². The molecule has 4 nitrogen and oxygen atoms in total. The van der Waals surface area contributed by atoms with E-state index in [0.717, 1.165) is 23.6 Å². The van der Waals surface area contributed by atoms with Crippen molar-refractivity contribution in [2.45, 2.75) is 25.8 Å². The Morgan fingerprint density at radius 3 is 2.67 bits per heavy atom. The SMILES string of the molecule is CC(=O)c1ccc2ccccc2c1OCC(=O)NC1CC1. The van der Waals surface area contributed by atoms with E-state index in [2.05, 4.69) is 5.32 Å². The molecule has 0 unspecified atom stereocenters. The topological polar surface area (TPSA) is 55.4 Å². The fourth-order valence-electron chi connectivity index (χ4n) is 2.31. The monoisotopic (exact) mass is 283 g/mol. The summed E-state index contributed by atoms with van der Waals surface area (Å²) in [5.41, 5.74) is 0.507. The molecule has 108 valence electrons. The highest BCUT2D eigenvalue weighted by molar-refractivity contribution is 6.03. The summed E-state index contributed by atoms with van der Waals surface area (Å²) in [6, 6.07) is 11.6. The molecule has 0 saturated heterocycles. The molecule has 0 aliphatic heterocycles. The zero-order chi connectivity index (χ0) is 14.8. The van der Waals surface area contributed by atoms with Crippen molar-refractivity contribution >= 4 is 22.5 Å².